The Kier molecular flexibility index (Phi) is 8.33. The van der Waals surface area contributed by atoms with E-state index in [4.69, 9.17) is 19.2 Å². The second-order valence-corrected chi connectivity index (χ2v) is 12.2. The van der Waals surface area contributed by atoms with E-state index in [1.165, 1.54) is 7.11 Å². The van der Waals surface area contributed by atoms with E-state index in [2.05, 4.69) is 9.98 Å². The van der Waals surface area contributed by atoms with Gasteiger partial charge >= 0.3 is 18.2 Å². The lowest BCUT2D eigenvalue weighted by Gasteiger charge is -2.30. The maximum atomic E-state index is 13.0. The summed E-state index contributed by atoms with van der Waals surface area (Å²) in [7, 11) is 1.36. The van der Waals surface area contributed by atoms with Crippen LogP contribution >= 0.6 is 0 Å². The molecule has 2 aliphatic rings. The summed E-state index contributed by atoms with van der Waals surface area (Å²) >= 11 is 0. The Labute approximate surface area is 224 Å². The highest BCUT2D eigenvalue weighted by atomic mass is 16.6. The summed E-state index contributed by atoms with van der Waals surface area (Å²) in [6, 6.07) is 3.83. The Morgan fingerprint density at radius 1 is 1.08 bits per heavy atom. The highest BCUT2D eigenvalue weighted by Gasteiger charge is 2.64. The molecular formula is C28H40N4O6. The summed E-state index contributed by atoms with van der Waals surface area (Å²) in [5.74, 6) is -0.604. The average Bonchev–Trinajstić information content (AvgIpc) is 3.28. The fraction of sp³-hybridized carbons (Fsp3) is 0.643. The summed E-state index contributed by atoms with van der Waals surface area (Å²) in [6.45, 7) is 14.4. The summed E-state index contributed by atoms with van der Waals surface area (Å²) in [4.78, 5) is 53.4. The van der Waals surface area contributed by atoms with Crippen LogP contribution in [0.25, 0.3) is 0 Å². The third-order valence-electron chi connectivity index (χ3n) is 6.32. The average molecular weight is 529 g/mol. The van der Waals surface area contributed by atoms with Crippen LogP contribution in [-0.2, 0) is 19.0 Å². The van der Waals surface area contributed by atoms with Gasteiger partial charge in [0.15, 0.2) is 6.17 Å². The van der Waals surface area contributed by atoms with Crippen LogP contribution in [0.2, 0.25) is 0 Å². The quantitative estimate of drug-likeness (QED) is 0.348. The first kappa shape index (κ1) is 29.3. The molecule has 1 aromatic rings. The lowest BCUT2D eigenvalue weighted by molar-refractivity contribution is -0.144. The molecule has 38 heavy (non-hydrogen) atoms. The van der Waals surface area contributed by atoms with E-state index in [0.717, 1.165) is 10.5 Å². The van der Waals surface area contributed by atoms with E-state index in [9.17, 15) is 14.4 Å². The molecule has 208 valence electrons. The molecule has 3 rings (SSSR count). The van der Waals surface area contributed by atoms with Gasteiger partial charge in [0.05, 0.1) is 18.5 Å². The minimum atomic E-state index is -0.908. The molecule has 0 bridgehead atoms. The molecule has 10 nitrogen and oxygen atoms in total. The molecule has 0 saturated heterocycles. The van der Waals surface area contributed by atoms with Crippen molar-refractivity contribution >= 4 is 30.1 Å². The number of carbonyl (C=O) groups is 3. The molecule has 2 amide bonds. The zero-order valence-electron chi connectivity index (χ0n) is 23.9. The zero-order chi connectivity index (χ0) is 28.5. The predicted molar refractivity (Wildman–Crippen MR) is 143 cm³/mol. The van der Waals surface area contributed by atoms with Gasteiger partial charge in [0, 0.05) is 19.0 Å². The van der Waals surface area contributed by atoms with Crippen LogP contribution in [0.3, 0.4) is 0 Å². The number of hydrogen-bond acceptors (Lipinski definition) is 9. The summed E-state index contributed by atoms with van der Waals surface area (Å²) < 4.78 is 16.1. The normalized spacial score (nSPS) is 23.3. The number of carbonyl (C=O) groups excluding carboxylic acids is 3. The number of rotatable bonds is 7. The van der Waals surface area contributed by atoms with Gasteiger partial charge in [-0.05, 0) is 84.8 Å². The number of hydrogen-bond donors (Lipinski definition) is 0. The van der Waals surface area contributed by atoms with E-state index < -0.39 is 35.0 Å². The molecule has 1 fully saturated rings. The van der Waals surface area contributed by atoms with Crippen molar-refractivity contribution in [2.45, 2.75) is 85.6 Å². The number of aliphatic imine (C=N–C) groups is 2. The Hall–Kier alpha value is -3.30. The van der Waals surface area contributed by atoms with Crippen molar-refractivity contribution < 1.29 is 28.6 Å². The molecule has 10 heteroatoms. The third kappa shape index (κ3) is 6.96. The number of imide groups is 1. The third-order valence-corrected chi connectivity index (χ3v) is 6.32. The Morgan fingerprint density at radius 2 is 1.68 bits per heavy atom. The minimum Gasteiger partial charge on any atom is -0.468 e. The Morgan fingerprint density at radius 3 is 2.18 bits per heavy atom. The van der Waals surface area contributed by atoms with Gasteiger partial charge in [0.25, 0.3) is 0 Å². The molecule has 0 radical (unpaired) electrons. The van der Waals surface area contributed by atoms with Crippen molar-refractivity contribution in [1.82, 2.24) is 9.88 Å². The standard InChI is InChI=1S/C28H40N4O6/c1-17-10-11-20(29-14-17)22-30-15-21(31-22)28(23(33)36-9)13-19(28)12-18(2)16-32(24(34)37-26(3,4)5)25(35)38-27(6,7)8/h10-11,14-15,18-19,22H,12-13,16H2,1-9H3/t18-,19+,22?,28-/m1/s1. The molecule has 0 spiro atoms. The number of pyridine rings is 1. The van der Waals surface area contributed by atoms with Crippen LogP contribution in [0.15, 0.2) is 28.3 Å². The number of esters is 1. The number of methoxy groups -OCH3 is 1. The Balaban J connectivity index is 1.75. The van der Waals surface area contributed by atoms with Crippen LogP contribution in [0.5, 0.6) is 0 Å². The number of nitrogens with zero attached hydrogens (tertiary/aromatic N) is 4. The van der Waals surface area contributed by atoms with Crippen molar-refractivity contribution in [1.29, 1.82) is 0 Å². The maximum absolute atomic E-state index is 13.0. The second kappa shape index (κ2) is 10.8. The van der Waals surface area contributed by atoms with Gasteiger partial charge in [0.1, 0.15) is 16.6 Å². The zero-order valence-corrected chi connectivity index (χ0v) is 23.9. The monoisotopic (exact) mass is 528 g/mol. The second-order valence-electron chi connectivity index (χ2n) is 12.2. The van der Waals surface area contributed by atoms with Gasteiger partial charge in [-0.2, -0.15) is 0 Å². The molecule has 1 aliphatic carbocycles. The van der Waals surface area contributed by atoms with Crippen LogP contribution in [-0.4, -0.2) is 64.8 Å². The first-order chi connectivity index (χ1) is 17.6. The summed E-state index contributed by atoms with van der Waals surface area (Å²) in [6.07, 6.45) is 2.46. The van der Waals surface area contributed by atoms with E-state index in [1.807, 2.05) is 26.0 Å². The van der Waals surface area contributed by atoms with Gasteiger partial charge < -0.3 is 14.2 Å². The molecule has 1 unspecified atom stereocenters. The highest BCUT2D eigenvalue weighted by Crippen LogP contribution is 2.58. The number of amides is 2. The molecular weight excluding hydrogens is 488 g/mol. The number of aryl methyl sites for hydroxylation is 1. The van der Waals surface area contributed by atoms with Gasteiger partial charge in [-0.15, -0.1) is 0 Å². The van der Waals surface area contributed by atoms with Crippen molar-refractivity contribution in [2.75, 3.05) is 13.7 Å². The fourth-order valence-corrected chi connectivity index (χ4v) is 4.54. The maximum Gasteiger partial charge on any atom is 0.419 e. The van der Waals surface area contributed by atoms with E-state index in [-0.39, 0.29) is 24.3 Å². The SMILES string of the molecule is COC(=O)[C@]1(C2=NC(c3ccc(C)cn3)N=C2)C[C@@H]1C[C@@H](C)CN(C(=O)OC(C)(C)C)C(=O)OC(C)(C)C. The lowest BCUT2D eigenvalue weighted by Crippen LogP contribution is -2.45. The fourth-order valence-electron chi connectivity index (χ4n) is 4.54. The number of aromatic nitrogens is 1. The van der Waals surface area contributed by atoms with Crippen molar-refractivity contribution in [3.05, 3.63) is 29.6 Å². The molecule has 2 heterocycles. The first-order valence-corrected chi connectivity index (χ1v) is 12.9. The van der Waals surface area contributed by atoms with Crippen LogP contribution in [0.4, 0.5) is 9.59 Å². The number of ether oxygens (including phenoxy) is 3. The van der Waals surface area contributed by atoms with Crippen molar-refractivity contribution in [3.63, 3.8) is 0 Å². The van der Waals surface area contributed by atoms with E-state index in [0.29, 0.717) is 24.2 Å². The molecule has 4 atom stereocenters. The van der Waals surface area contributed by atoms with Crippen molar-refractivity contribution in [2.24, 2.45) is 27.2 Å². The first-order valence-electron chi connectivity index (χ1n) is 12.9. The van der Waals surface area contributed by atoms with Crippen molar-refractivity contribution in [3.8, 4) is 0 Å². The van der Waals surface area contributed by atoms with E-state index in [1.54, 1.807) is 54.0 Å². The van der Waals surface area contributed by atoms with Crippen LogP contribution in [0, 0.1) is 24.2 Å². The van der Waals surface area contributed by atoms with Crippen LogP contribution in [0.1, 0.15) is 78.7 Å². The Bertz CT molecular complexity index is 1090. The highest BCUT2D eigenvalue weighted by molar-refractivity contribution is 6.40. The van der Waals surface area contributed by atoms with Gasteiger partial charge in [-0.1, -0.05) is 13.0 Å². The smallest absolute Gasteiger partial charge is 0.419 e. The largest absolute Gasteiger partial charge is 0.468 e. The van der Waals surface area contributed by atoms with E-state index >= 15 is 0 Å². The molecule has 0 N–H and O–H groups in total. The van der Waals surface area contributed by atoms with Crippen LogP contribution < -0.4 is 0 Å². The molecule has 1 aromatic heterocycles. The topological polar surface area (TPSA) is 120 Å². The molecule has 1 saturated carbocycles. The molecule has 1 aliphatic heterocycles. The van der Waals surface area contributed by atoms with Gasteiger partial charge in [-0.3, -0.25) is 19.8 Å². The predicted octanol–water partition coefficient (Wildman–Crippen LogP) is 5.29. The summed E-state index contributed by atoms with van der Waals surface area (Å²) in [5.41, 5.74) is -0.147. The lowest BCUT2D eigenvalue weighted by atomic mass is 9.92. The molecule has 0 aromatic carbocycles. The van der Waals surface area contributed by atoms with Gasteiger partial charge in [0.2, 0.25) is 0 Å². The summed E-state index contributed by atoms with van der Waals surface area (Å²) in [5, 5.41) is 0. The van der Waals surface area contributed by atoms with Gasteiger partial charge in [-0.25, -0.2) is 14.5 Å². The minimum absolute atomic E-state index is 0.0774.